The Morgan fingerprint density at radius 1 is 1.29 bits per heavy atom. The van der Waals surface area contributed by atoms with E-state index in [9.17, 15) is 0 Å². The van der Waals surface area contributed by atoms with Gasteiger partial charge in [-0.3, -0.25) is 0 Å². The molecule has 1 aromatic heterocycles. The number of ether oxygens (including phenoxy) is 1. The zero-order valence-electron chi connectivity index (χ0n) is 10.4. The predicted octanol–water partition coefficient (Wildman–Crippen LogP) is 2.47. The van der Waals surface area contributed by atoms with E-state index in [1.165, 1.54) is 0 Å². The zero-order valence-corrected chi connectivity index (χ0v) is 10.4. The van der Waals surface area contributed by atoms with Crippen molar-refractivity contribution in [3.63, 3.8) is 0 Å². The van der Waals surface area contributed by atoms with Gasteiger partial charge in [-0.1, -0.05) is 24.3 Å². The van der Waals surface area contributed by atoms with Crippen LogP contribution in [0, 0.1) is 0 Å². The summed E-state index contributed by atoms with van der Waals surface area (Å²) in [4.78, 5) is 0. The van der Waals surface area contributed by atoms with E-state index >= 15 is 0 Å². The Labute approximate surface area is 101 Å². The van der Waals surface area contributed by atoms with Crippen molar-refractivity contribution < 1.29 is 4.74 Å². The molecule has 0 aliphatic carbocycles. The van der Waals surface area contributed by atoms with Crippen molar-refractivity contribution in [1.82, 2.24) is 10.2 Å². The van der Waals surface area contributed by atoms with Crippen molar-refractivity contribution in [2.45, 2.75) is 19.4 Å². The maximum Gasteiger partial charge on any atom is 0.156 e. The van der Waals surface area contributed by atoms with Gasteiger partial charge >= 0.3 is 0 Å². The minimum absolute atomic E-state index is 0.224. The Morgan fingerprint density at radius 2 is 2.06 bits per heavy atom. The van der Waals surface area contributed by atoms with Crippen LogP contribution in [0.4, 0.5) is 5.82 Å². The van der Waals surface area contributed by atoms with E-state index in [4.69, 9.17) is 4.74 Å². The number of rotatable bonds is 4. The molecule has 0 amide bonds. The highest BCUT2D eigenvalue weighted by atomic mass is 16.5. The molecule has 2 rings (SSSR count). The lowest BCUT2D eigenvalue weighted by molar-refractivity contribution is 0.0343. The van der Waals surface area contributed by atoms with E-state index in [1.54, 1.807) is 13.3 Å². The van der Waals surface area contributed by atoms with Gasteiger partial charge < -0.3 is 10.1 Å². The molecule has 2 aromatic rings. The number of methoxy groups -OCH3 is 1. The van der Waals surface area contributed by atoms with Gasteiger partial charge in [0.25, 0.3) is 0 Å². The molecule has 90 valence electrons. The molecule has 0 saturated heterocycles. The van der Waals surface area contributed by atoms with Crippen molar-refractivity contribution >= 4 is 16.6 Å². The topological polar surface area (TPSA) is 47.0 Å². The molecule has 0 radical (unpaired) electrons. The quantitative estimate of drug-likeness (QED) is 0.878. The molecule has 0 atom stereocenters. The fourth-order valence-electron chi connectivity index (χ4n) is 1.53. The van der Waals surface area contributed by atoms with Crippen molar-refractivity contribution in [1.29, 1.82) is 0 Å². The summed E-state index contributed by atoms with van der Waals surface area (Å²) >= 11 is 0. The van der Waals surface area contributed by atoms with Crippen molar-refractivity contribution in [3.8, 4) is 0 Å². The molecule has 0 spiro atoms. The molecule has 17 heavy (non-hydrogen) atoms. The molecular weight excluding hydrogens is 214 g/mol. The Hall–Kier alpha value is -1.68. The lowest BCUT2D eigenvalue weighted by Crippen LogP contribution is -2.32. The summed E-state index contributed by atoms with van der Waals surface area (Å²) in [6, 6.07) is 8.05. The molecule has 1 heterocycles. The highest BCUT2D eigenvalue weighted by molar-refractivity contribution is 5.90. The van der Waals surface area contributed by atoms with Gasteiger partial charge in [0.2, 0.25) is 0 Å². The summed E-state index contributed by atoms with van der Waals surface area (Å²) < 4.78 is 5.36. The van der Waals surface area contributed by atoms with Crippen LogP contribution >= 0.6 is 0 Å². The average molecular weight is 231 g/mol. The third-order valence-corrected chi connectivity index (χ3v) is 2.80. The number of nitrogens with one attached hydrogen (secondary N) is 1. The first-order valence-corrected chi connectivity index (χ1v) is 5.62. The number of fused-ring (bicyclic) bond motifs is 1. The number of nitrogens with zero attached hydrogens (tertiary/aromatic N) is 2. The normalized spacial score (nSPS) is 11.7. The van der Waals surface area contributed by atoms with Crippen LogP contribution in [-0.4, -0.2) is 29.5 Å². The highest BCUT2D eigenvalue weighted by Crippen LogP contribution is 2.20. The van der Waals surface area contributed by atoms with Gasteiger partial charge in [-0.25, -0.2) is 0 Å². The van der Waals surface area contributed by atoms with E-state index in [1.807, 2.05) is 38.1 Å². The predicted molar refractivity (Wildman–Crippen MR) is 69.1 cm³/mol. The second-order valence-corrected chi connectivity index (χ2v) is 4.60. The van der Waals surface area contributed by atoms with Crippen LogP contribution in [0.5, 0.6) is 0 Å². The SMILES string of the molecule is COC(C)(C)CNc1nncc2ccccc12. The third-order valence-electron chi connectivity index (χ3n) is 2.80. The molecule has 0 aliphatic heterocycles. The number of benzene rings is 1. The standard InChI is InChI=1S/C13H17N3O/c1-13(2,17-3)9-14-12-11-7-5-4-6-10(11)8-15-16-12/h4-8H,9H2,1-3H3,(H,14,16). The number of aromatic nitrogens is 2. The van der Waals surface area contributed by atoms with E-state index < -0.39 is 0 Å². The van der Waals surface area contributed by atoms with Crippen LogP contribution in [-0.2, 0) is 4.74 Å². The summed E-state index contributed by atoms with van der Waals surface area (Å²) in [5, 5.41) is 13.6. The first-order valence-electron chi connectivity index (χ1n) is 5.62. The van der Waals surface area contributed by atoms with E-state index in [0.717, 1.165) is 16.6 Å². The highest BCUT2D eigenvalue weighted by Gasteiger charge is 2.16. The molecule has 1 aromatic carbocycles. The number of anilines is 1. The second-order valence-electron chi connectivity index (χ2n) is 4.60. The summed E-state index contributed by atoms with van der Waals surface area (Å²) in [6.07, 6.45) is 1.77. The first kappa shape index (κ1) is 11.8. The van der Waals surface area contributed by atoms with Crippen LogP contribution < -0.4 is 5.32 Å². The largest absolute Gasteiger partial charge is 0.377 e. The van der Waals surface area contributed by atoms with Crippen LogP contribution in [0.2, 0.25) is 0 Å². The van der Waals surface area contributed by atoms with E-state index in [2.05, 4.69) is 15.5 Å². The van der Waals surface area contributed by atoms with Crippen LogP contribution in [0.3, 0.4) is 0 Å². The molecular formula is C13H17N3O. The monoisotopic (exact) mass is 231 g/mol. The Bertz CT molecular complexity index is 505. The Morgan fingerprint density at radius 3 is 2.82 bits per heavy atom. The number of hydrogen-bond acceptors (Lipinski definition) is 4. The molecule has 0 fully saturated rings. The third kappa shape index (κ3) is 2.71. The Kier molecular flexibility index (Phi) is 3.24. The van der Waals surface area contributed by atoms with Gasteiger partial charge in [0.1, 0.15) is 0 Å². The smallest absolute Gasteiger partial charge is 0.156 e. The van der Waals surface area contributed by atoms with Gasteiger partial charge in [0.15, 0.2) is 5.82 Å². The van der Waals surface area contributed by atoms with Gasteiger partial charge in [-0.2, -0.15) is 5.10 Å². The minimum atomic E-state index is -0.224. The first-order chi connectivity index (χ1) is 8.12. The second kappa shape index (κ2) is 4.67. The summed E-state index contributed by atoms with van der Waals surface area (Å²) in [6.45, 7) is 4.74. The fourth-order valence-corrected chi connectivity index (χ4v) is 1.53. The van der Waals surface area contributed by atoms with Crippen molar-refractivity contribution in [2.75, 3.05) is 19.0 Å². The van der Waals surface area contributed by atoms with E-state index in [0.29, 0.717) is 6.54 Å². The average Bonchev–Trinajstić information content (AvgIpc) is 2.36. The maximum atomic E-state index is 5.36. The summed E-state index contributed by atoms with van der Waals surface area (Å²) in [7, 11) is 1.70. The molecule has 0 saturated carbocycles. The molecule has 1 N–H and O–H groups in total. The van der Waals surface area contributed by atoms with Gasteiger partial charge in [0, 0.05) is 24.4 Å². The Balaban J connectivity index is 2.24. The lowest BCUT2D eigenvalue weighted by atomic mass is 10.1. The molecule has 0 bridgehead atoms. The van der Waals surface area contributed by atoms with Crippen LogP contribution in [0.1, 0.15) is 13.8 Å². The summed E-state index contributed by atoms with van der Waals surface area (Å²) in [5.41, 5.74) is -0.224. The van der Waals surface area contributed by atoms with Gasteiger partial charge in [0.05, 0.1) is 11.8 Å². The van der Waals surface area contributed by atoms with Gasteiger partial charge in [-0.15, -0.1) is 5.10 Å². The minimum Gasteiger partial charge on any atom is -0.377 e. The van der Waals surface area contributed by atoms with Crippen LogP contribution in [0.25, 0.3) is 10.8 Å². The molecule has 0 aliphatic rings. The fraction of sp³-hybridized carbons (Fsp3) is 0.385. The number of hydrogen-bond donors (Lipinski definition) is 1. The van der Waals surface area contributed by atoms with E-state index in [-0.39, 0.29) is 5.60 Å². The van der Waals surface area contributed by atoms with Crippen molar-refractivity contribution in [3.05, 3.63) is 30.5 Å². The molecule has 0 unspecified atom stereocenters. The maximum absolute atomic E-state index is 5.36. The van der Waals surface area contributed by atoms with Crippen molar-refractivity contribution in [2.24, 2.45) is 0 Å². The molecule has 4 heteroatoms. The summed E-state index contributed by atoms with van der Waals surface area (Å²) in [5.74, 6) is 0.799. The molecule has 4 nitrogen and oxygen atoms in total. The van der Waals surface area contributed by atoms with Gasteiger partial charge in [-0.05, 0) is 13.8 Å². The zero-order chi connectivity index (χ0) is 12.3. The lowest BCUT2D eigenvalue weighted by Gasteiger charge is -2.23. The van der Waals surface area contributed by atoms with Crippen LogP contribution in [0.15, 0.2) is 30.5 Å².